The second kappa shape index (κ2) is 5.33. The fourth-order valence-corrected chi connectivity index (χ4v) is 3.02. The maximum atomic E-state index is 12.1. The Morgan fingerprint density at radius 2 is 2.14 bits per heavy atom. The third kappa shape index (κ3) is 2.83. The molecule has 0 unspecified atom stereocenters. The van der Waals surface area contributed by atoms with Crippen LogP contribution in [0.15, 0.2) is 28.9 Å². The van der Waals surface area contributed by atoms with E-state index in [0.29, 0.717) is 5.13 Å². The summed E-state index contributed by atoms with van der Waals surface area (Å²) in [5.41, 5.74) is 3.81. The van der Waals surface area contributed by atoms with Crippen molar-refractivity contribution >= 4 is 33.3 Å². The second-order valence-corrected chi connectivity index (χ2v) is 6.35. The number of thiazole rings is 1. The number of benzene rings is 1. The van der Waals surface area contributed by atoms with Crippen LogP contribution in [0.3, 0.4) is 0 Å². The zero-order valence-electron chi connectivity index (χ0n) is 12.2. The number of amides is 1. The average Bonchev–Trinajstić information content (AvgIpc) is 2.94. The van der Waals surface area contributed by atoms with Crippen LogP contribution >= 0.6 is 11.3 Å². The largest absolute Gasteiger partial charge is 0.464 e. The Kier molecular flexibility index (Phi) is 3.51. The zero-order valence-corrected chi connectivity index (χ0v) is 13.0. The van der Waals surface area contributed by atoms with Gasteiger partial charge in [0, 0.05) is 15.8 Å². The molecule has 3 aromatic rings. The SMILES string of the molecule is Cc1ccc2c(CC(=O)Nc3nc(C)c(C)s3)coc2c1. The van der Waals surface area contributed by atoms with Crippen molar-refractivity contribution in [2.45, 2.75) is 27.2 Å². The van der Waals surface area contributed by atoms with Crippen molar-refractivity contribution in [1.82, 2.24) is 4.98 Å². The van der Waals surface area contributed by atoms with Crippen molar-refractivity contribution in [3.05, 3.63) is 46.2 Å². The maximum absolute atomic E-state index is 12.1. The van der Waals surface area contributed by atoms with E-state index in [0.717, 1.165) is 32.7 Å². The lowest BCUT2D eigenvalue weighted by atomic mass is 10.1. The number of aryl methyl sites for hydroxylation is 3. The number of hydrogen-bond acceptors (Lipinski definition) is 4. The summed E-state index contributed by atoms with van der Waals surface area (Å²) in [6, 6.07) is 5.99. The van der Waals surface area contributed by atoms with Gasteiger partial charge in [0.2, 0.25) is 5.91 Å². The number of carbonyl (C=O) groups excluding carboxylic acids is 1. The number of hydrogen-bond donors (Lipinski definition) is 1. The van der Waals surface area contributed by atoms with E-state index in [1.807, 2.05) is 39.0 Å². The number of aromatic nitrogens is 1. The molecule has 0 saturated heterocycles. The summed E-state index contributed by atoms with van der Waals surface area (Å²) >= 11 is 1.49. The van der Waals surface area contributed by atoms with Gasteiger partial charge < -0.3 is 9.73 Å². The van der Waals surface area contributed by atoms with Gasteiger partial charge in [-0.2, -0.15) is 0 Å². The average molecular weight is 300 g/mol. The predicted molar refractivity (Wildman–Crippen MR) is 84.9 cm³/mol. The van der Waals surface area contributed by atoms with Gasteiger partial charge in [0.25, 0.3) is 0 Å². The number of fused-ring (bicyclic) bond motifs is 1. The van der Waals surface area contributed by atoms with Crippen molar-refractivity contribution in [2.75, 3.05) is 5.32 Å². The van der Waals surface area contributed by atoms with E-state index in [4.69, 9.17) is 4.42 Å². The molecule has 4 nitrogen and oxygen atoms in total. The van der Waals surface area contributed by atoms with Crippen LogP contribution in [0.5, 0.6) is 0 Å². The summed E-state index contributed by atoms with van der Waals surface area (Å²) in [7, 11) is 0. The minimum atomic E-state index is -0.0768. The lowest BCUT2D eigenvalue weighted by Gasteiger charge is -2.00. The van der Waals surface area contributed by atoms with Crippen LogP contribution in [0, 0.1) is 20.8 Å². The van der Waals surface area contributed by atoms with Gasteiger partial charge >= 0.3 is 0 Å². The quantitative estimate of drug-likeness (QED) is 0.795. The molecule has 0 spiro atoms. The van der Waals surface area contributed by atoms with Gasteiger partial charge in [0.1, 0.15) is 5.58 Å². The van der Waals surface area contributed by atoms with Crippen molar-refractivity contribution in [3.63, 3.8) is 0 Å². The third-order valence-corrected chi connectivity index (χ3v) is 4.43. The molecular weight excluding hydrogens is 284 g/mol. The number of nitrogens with one attached hydrogen (secondary N) is 1. The molecule has 1 N–H and O–H groups in total. The monoisotopic (exact) mass is 300 g/mol. The molecule has 0 bridgehead atoms. The van der Waals surface area contributed by atoms with Gasteiger partial charge in [-0.1, -0.05) is 12.1 Å². The minimum absolute atomic E-state index is 0.0768. The van der Waals surface area contributed by atoms with Crippen LogP contribution in [0.4, 0.5) is 5.13 Å². The molecular formula is C16H16N2O2S. The van der Waals surface area contributed by atoms with E-state index >= 15 is 0 Å². The highest BCUT2D eigenvalue weighted by Gasteiger charge is 2.12. The Balaban J connectivity index is 1.77. The van der Waals surface area contributed by atoms with E-state index in [-0.39, 0.29) is 12.3 Å². The Morgan fingerprint density at radius 3 is 2.86 bits per heavy atom. The number of nitrogens with zero attached hydrogens (tertiary/aromatic N) is 1. The molecule has 0 fully saturated rings. The molecule has 0 atom stereocenters. The van der Waals surface area contributed by atoms with Crippen LogP contribution in [0.1, 0.15) is 21.7 Å². The molecule has 0 saturated carbocycles. The number of carbonyl (C=O) groups is 1. The van der Waals surface area contributed by atoms with E-state index in [9.17, 15) is 4.79 Å². The summed E-state index contributed by atoms with van der Waals surface area (Å²) in [4.78, 5) is 17.6. The van der Waals surface area contributed by atoms with Crippen LogP contribution in [-0.2, 0) is 11.2 Å². The fourth-order valence-electron chi connectivity index (χ4n) is 2.19. The highest BCUT2D eigenvalue weighted by molar-refractivity contribution is 7.15. The van der Waals surface area contributed by atoms with Crippen molar-refractivity contribution in [2.24, 2.45) is 0 Å². The molecule has 0 aliphatic carbocycles. The second-order valence-electron chi connectivity index (χ2n) is 5.15. The first-order valence-corrected chi connectivity index (χ1v) is 7.55. The zero-order chi connectivity index (χ0) is 15.0. The lowest BCUT2D eigenvalue weighted by molar-refractivity contribution is -0.115. The smallest absolute Gasteiger partial charge is 0.230 e. The molecule has 21 heavy (non-hydrogen) atoms. The molecule has 3 rings (SSSR count). The first-order valence-electron chi connectivity index (χ1n) is 6.73. The topological polar surface area (TPSA) is 55.1 Å². The fraction of sp³-hybridized carbons (Fsp3) is 0.250. The van der Waals surface area contributed by atoms with Gasteiger partial charge in [-0.15, -0.1) is 11.3 Å². The van der Waals surface area contributed by atoms with Crippen molar-refractivity contribution in [3.8, 4) is 0 Å². The lowest BCUT2D eigenvalue weighted by Crippen LogP contribution is -2.13. The van der Waals surface area contributed by atoms with Crippen LogP contribution in [0.2, 0.25) is 0 Å². The van der Waals surface area contributed by atoms with Gasteiger partial charge in [0.05, 0.1) is 18.4 Å². The number of anilines is 1. The highest BCUT2D eigenvalue weighted by atomic mass is 32.1. The van der Waals surface area contributed by atoms with Crippen LogP contribution in [0.25, 0.3) is 11.0 Å². The van der Waals surface area contributed by atoms with E-state index in [1.165, 1.54) is 11.3 Å². The molecule has 1 aromatic carbocycles. The summed E-state index contributed by atoms with van der Waals surface area (Å²) in [6.45, 7) is 5.95. The van der Waals surface area contributed by atoms with Gasteiger partial charge in [-0.05, 0) is 32.4 Å². The Labute approximate surface area is 126 Å². The molecule has 2 heterocycles. The maximum Gasteiger partial charge on any atom is 0.230 e. The Morgan fingerprint density at radius 1 is 1.33 bits per heavy atom. The summed E-state index contributed by atoms with van der Waals surface area (Å²) in [5.74, 6) is -0.0768. The van der Waals surface area contributed by atoms with Gasteiger partial charge in [-0.25, -0.2) is 4.98 Å². The molecule has 0 radical (unpaired) electrons. The first kappa shape index (κ1) is 13.8. The van der Waals surface area contributed by atoms with Crippen molar-refractivity contribution < 1.29 is 9.21 Å². The molecule has 0 aliphatic rings. The summed E-state index contributed by atoms with van der Waals surface area (Å²) in [6.07, 6.45) is 1.94. The first-order chi connectivity index (χ1) is 10.0. The van der Waals surface area contributed by atoms with E-state index < -0.39 is 0 Å². The van der Waals surface area contributed by atoms with E-state index in [1.54, 1.807) is 6.26 Å². The summed E-state index contributed by atoms with van der Waals surface area (Å²) < 4.78 is 5.51. The molecule has 1 amide bonds. The Hall–Kier alpha value is -2.14. The standard InChI is InChI=1S/C16H16N2O2S/c1-9-4-5-13-12(8-20-14(13)6-9)7-15(19)18-16-17-10(2)11(3)21-16/h4-6,8H,7H2,1-3H3,(H,17,18,19). The van der Waals surface area contributed by atoms with Crippen molar-refractivity contribution in [1.29, 1.82) is 0 Å². The Bertz CT molecular complexity index is 797. The summed E-state index contributed by atoms with van der Waals surface area (Å²) in [5, 5.41) is 4.48. The van der Waals surface area contributed by atoms with Gasteiger partial charge in [0.15, 0.2) is 5.13 Å². The number of furan rings is 1. The van der Waals surface area contributed by atoms with Gasteiger partial charge in [-0.3, -0.25) is 4.79 Å². The molecule has 5 heteroatoms. The van der Waals surface area contributed by atoms with Crippen LogP contribution < -0.4 is 5.32 Å². The highest BCUT2D eigenvalue weighted by Crippen LogP contribution is 2.24. The molecule has 0 aliphatic heterocycles. The van der Waals surface area contributed by atoms with Crippen LogP contribution in [-0.4, -0.2) is 10.9 Å². The minimum Gasteiger partial charge on any atom is -0.464 e. The van der Waals surface area contributed by atoms with E-state index in [2.05, 4.69) is 10.3 Å². The number of rotatable bonds is 3. The molecule has 108 valence electrons. The molecule has 2 aromatic heterocycles. The predicted octanol–water partition coefficient (Wildman–Crippen LogP) is 4.00. The third-order valence-electron chi connectivity index (χ3n) is 3.44. The normalized spacial score (nSPS) is 11.0.